The summed E-state index contributed by atoms with van der Waals surface area (Å²) in [7, 11) is 0. The highest BCUT2D eigenvalue weighted by molar-refractivity contribution is 6.05. The maximum absolute atomic E-state index is 5.96. The van der Waals surface area contributed by atoms with E-state index in [0.29, 0.717) is 0 Å². The van der Waals surface area contributed by atoms with Gasteiger partial charge in [0.2, 0.25) is 0 Å². The molecule has 0 aromatic heterocycles. The highest BCUT2D eigenvalue weighted by Gasteiger charge is 2.25. The van der Waals surface area contributed by atoms with Crippen molar-refractivity contribution in [3.63, 3.8) is 0 Å². The van der Waals surface area contributed by atoms with Gasteiger partial charge in [-0.2, -0.15) is 0 Å². The predicted octanol–water partition coefficient (Wildman–Crippen LogP) is -0.311. The standard InChI is InChI=1S/C9H19N5/c1-4-11-8-7(10)6(3)13-9(14-8)12-5-2/h6-7H,4-5,10H2,1-3H3,(H2,11,12,13,14). The number of hydrogen-bond acceptors (Lipinski definition) is 3. The Bertz CT molecular complexity index is 246. The zero-order valence-corrected chi connectivity index (χ0v) is 9.04. The molecule has 0 amide bonds. The Balaban J connectivity index is 2.76. The van der Waals surface area contributed by atoms with Crippen LogP contribution < -0.4 is 16.4 Å². The first kappa shape index (κ1) is 11.0. The third-order valence-corrected chi connectivity index (χ3v) is 2.11. The second-order valence-electron chi connectivity index (χ2n) is 3.27. The number of amidine groups is 1. The molecule has 0 aromatic rings. The van der Waals surface area contributed by atoms with Crippen LogP contribution in [0.2, 0.25) is 0 Å². The molecule has 1 rings (SSSR count). The van der Waals surface area contributed by atoms with Gasteiger partial charge in [-0.1, -0.05) is 0 Å². The molecule has 1 aliphatic rings. The van der Waals surface area contributed by atoms with Crippen molar-refractivity contribution in [1.82, 2.24) is 10.6 Å². The van der Waals surface area contributed by atoms with E-state index in [0.717, 1.165) is 24.9 Å². The van der Waals surface area contributed by atoms with Crippen LogP contribution in [0, 0.1) is 0 Å². The highest BCUT2D eigenvalue weighted by Crippen LogP contribution is 1.98. The molecule has 5 heteroatoms. The van der Waals surface area contributed by atoms with E-state index in [1.54, 1.807) is 0 Å². The fourth-order valence-electron chi connectivity index (χ4n) is 1.34. The molecule has 80 valence electrons. The van der Waals surface area contributed by atoms with Crippen molar-refractivity contribution in [3.05, 3.63) is 0 Å². The van der Waals surface area contributed by atoms with Crippen LogP contribution >= 0.6 is 0 Å². The van der Waals surface area contributed by atoms with Crippen molar-refractivity contribution in [3.8, 4) is 0 Å². The van der Waals surface area contributed by atoms with E-state index < -0.39 is 0 Å². The minimum absolute atomic E-state index is 0.0780. The third kappa shape index (κ3) is 2.45. The number of hydrogen-bond donors (Lipinski definition) is 3. The highest BCUT2D eigenvalue weighted by atomic mass is 15.3. The SMILES string of the molecule is CCN=C1NC(=NCC)C(N)C(C)N1. The summed E-state index contributed by atoms with van der Waals surface area (Å²) in [6.45, 7) is 7.50. The molecule has 0 radical (unpaired) electrons. The van der Waals surface area contributed by atoms with Gasteiger partial charge < -0.3 is 16.4 Å². The normalized spacial score (nSPS) is 32.9. The summed E-state index contributed by atoms with van der Waals surface area (Å²) in [6.07, 6.45) is 0. The van der Waals surface area contributed by atoms with Gasteiger partial charge in [-0.05, 0) is 20.8 Å². The molecule has 0 spiro atoms. The van der Waals surface area contributed by atoms with Crippen molar-refractivity contribution in [2.75, 3.05) is 13.1 Å². The van der Waals surface area contributed by atoms with E-state index in [-0.39, 0.29) is 12.1 Å². The molecule has 1 aliphatic heterocycles. The number of nitrogens with zero attached hydrogens (tertiary/aromatic N) is 2. The first-order valence-electron chi connectivity index (χ1n) is 5.07. The lowest BCUT2D eigenvalue weighted by Crippen LogP contribution is -2.64. The fourth-order valence-corrected chi connectivity index (χ4v) is 1.34. The maximum Gasteiger partial charge on any atom is 0.197 e. The maximum atomic E-state index is 5.96. The van der Waals surface area contributed by atoms with Gasteiger partial charge in [0.25, 0.3) is 0 Å². The summed E-state index contributed by atoms with van der Waals surface area (Å²) in [5, 5.41) is 6.29. The number of nitrogens with two attached hydrogens (primary N) is 1. The van der Waals surface area contributed by atoms with Crippen LogP contribution in [0.4, 0.5) is 0 Å². The molecule has 2 unspecified atom stereocenters. The lowest BCUT2D eigenvalue weighted by Gasteiger charge is -2.31. The summed E-state index contributed by atoms with van der Waals surface area (Å²) in [5.41, 5.74) is 5.96. The molecule has 4 N–H and O–H groups in total. The van der Waals surface area contributed by atoms with Gasteiger partial charge in [-0.25, -0.2) is 0 Å². The first-order chi connectivity index (χ1) is 6.69. The average molecular weight is 197 g/mol. The molecule has 1 saturated heterocycles. The largest absolute Gasteiger partial charge is 0.352 e. The van der Waals surface area contributed by atoms with Crippen LogP contribution in [0.3, 0.4) is 0 Å². The molecular formula is C9H19N5. The molecule has 5 nitrogen and oxygen atoms in total. The summed E-state index contributed by atoms with van der Waals surface area (Å²) in [4.78, 5) is 8.57. The monoisotopic (exact) mass is 197 g/mol. The second kappa shape index (κ2) is 4.95. The van der Waals surface area contributed by atoms with Crippen LogP contribution in [0.1, 0.15) is 20.8 Å². The Morgan fingerprint density at radius 2 is 1.93 bits per heavy atom. The van der Waals surface area contributed by atoms with E-state index in [9.17, 15) is 0 Å². The van der Waals surface area contributed by atoms with Crippen molar-refractivity contribution >= 4 is 11.8 Å². The molecule has 0 aliphatic carbocycles. The van der Waals surface area contributed by atoms with Crippen LogP contribution in [0.5, 0.6) is 0 Å². The van der Waals surface area contributed by atoms with E-state index in [1.807, 2.05) is 20.8 Å². The Hall–Kier alpha value is -1.10. The van der Waals surface area contributed by atoms with E-state index in [2.05, 4.69) is 20.6 Å². The third-order valence-electron chi connectivity index (χ3n) is 2.11. The zero-order chi connectivity index (χ0) is 10.6. The molecule has 0 saturated carbocycles. The molecule has 1 fully saturated rings. The van der Waals surface area contributed by atoms with Crippen LogP contribution in [0.25, 0.3) is 0 Å². The van der Waals surface area contributed by atoms with Crippen LogP contribution in [0.15, 0.2) is 9.98 Å². The minimum atomic E-state index is -0.0780. The van der Waals surface area contributed by atoms with E-state index in [4.69, 9.17) is 5.73 Å². The van der Waals surface area contributed by atoms with Crippen molar-refractivity contribution in [2.45, 2.75) is 32.9 Å². The summed E-state index contributed by atoms with van der Waals surface area (Å²) < 4.78 is 0. The summed E-state index contributed by atoms with van der Waals surface area (Å²) >= 11 is 0. The number of nitrogens with one attached hydrogen (secondary N) is 2. The van der Waals surface area contributed by atoms with Crippen molar-refractivity contribution in [2.24, 2.45) is 15.7 Å². The van der Waals surface area contributed by atoms with Gasteiger partial charge in [0.05, 0.1) is 6.04 Å². The number of aliphatic imine (C=N–C) groups is 2. The molecular weight excluding hydrogens is 178 g/mol. The van der Waals surface area contributed by atoms with Crippen LogP contribution in [-0.4, -0.2) is 37.0 Å². The summed E-state index contributed by atoms with van der Waals surface area (Å²) in [6, 6.07) is 0.0950. The van der Waals surface area contributed by atoms with Gasteiger partial charge in [0.15, 0.2) is 5.96 Å². The Morgan fingerprint density at radius 1 is 1.29 bits per heavy atom. The lowest BCUT2D eigenvalue weighted by molar-refractivity contribution is 0.576. The van der Waals surface area contributed by atoms with Gasteiger partial charge >= 0.3 is 0 Å². The fraction of sp³-hybridized carbons (Fsp3) is 0.778. The molecule has 14 heavy (non-hydrogen) atoms. The smallest absolute Gasteiger partial charge is 0.197 e. The number of rotatable bonds is 2. The predicted molar refractivity (Wildman–Crippen MR) is 59.7 cm³/mol. The molecule has 0 bridgehead atoms. The lowest BCUT2D eigenvalue weighted by atomic mass is 10.1. The zero-order valence-electron chi connectivity index (χ0n) is 9.04. The summed E-state index contributed by atoms with van der Waals surface area (Å²) in [5.74, 6) is 1.60. The topological polar surface area (TPSA) is 74.8 Å². The van der Waals surface area contributed by atoms with Crippen LogP contribution in [-0.2, 0) is 0 Å². The minimum Gasteiger partial charge on any atom is -0.352 e. The molecule has 2 atom stereocenters. The van der Waals surface area contributed by atoms with Gasteiger partial charge in [0.1, 0.15) is 5.84 Å². The van der Waals surface area contributed by atoms with Gasteiger partial charge in [-0.3, -0.25) is 9.98 Å². The second-order valence-corrected chi connectivity index (χ2v) is 3.27. The van der Waals surface area contributed by atoms with Crippen molar-refractivity contribution < 1.29 is 0 Å². The molecule has 1 heterocycles. The van der Waals surface area contributed by atoms with Gasteiger partial charge in [-0.15, -0.1) is 0 Å². The first-order valence-corrected chi connectivity index (χ1v) is 5.07. The Labute approximate surface area is 84.9 Å². The van der Waals surface area contributed by atoms with E-state index in [1.165, 1.54) is 0 Å². The number of guanidine groups is 1. The van der Waals surface area contributed by atoms with Crippen molar-refractivity contribution in [1.29, 1.82) is 0 Å². The quantitative estimate of drug-likeness (QED) is 0.568. The van der Waals surface area contributed by atoms with Gasteiger partial charge in [0, 0.05) is 19.1 Å². The average Bonchev–Trinajstić information content (AvgIpc) is 2.14. The molecule has 0 aromatic carbocycles. The Morgan fingerprint density at radius 3 is 2.50 bits per heavy atom. The van der Waals surface area contributed by atoms with E-state index >= 15 is 0 Å². The Kier molecular flexibility index (Phi) is 3.88.